The highest BCUT2D eigenvalue weighted by atomic mass is 35.5. The van der Waals surface area contributed by atoms with Gasteiger partial charge in [0.25, 0.3) is 0 Å². The van der Waals surface area contributed by atoms with Crippen molar-refractivity contribution in [1.29, 1.82) is 0 Å². The number of hydrogen-bond donors (Lipinski definition) is 1. The first kappa shape index (κ1) is 18.9. The van der Waals surface area contributed by atoms with Crippen LogP contribution in [0.25, 0.3) is 0 Å². The minimum absolute atomic E-state index is 0.147. The van der Waals surface area contributed by atoms with Gasteiger partial charge in [0.2, 0.25) is 5.91 Å². The molecule has 0 unspecified atom stereocenters. The lowest BCUT2D eigenvalue weighted by Crippen LogP contribution is -2.15. The molecule has 0 aliphatic rings. The van der Waals surface area contributed by atoms with E-state index in [1.54, 1.807) is 24.3 Å². The van der Waals surface area contributed by atoms with Crippen molar-refractivity contribution >= 4 is 46.3 Å². The number of benzene rings is 2. The maximum absolute atomic E-state index is 13.6. The predicted molar refractivity (Wildman–Crippen MR) is 107 cm³/mol. The van der Waals surface area contributed by atoms with Gasteiger partial charge in [0.1, 0.15) is 10.2 Å². The van der Waals surface area contributed by atoms with Gasteiger partial charge in [-0.3, -0.25) is 4.79 Å². The number of amides is 1. The van der Waals surface area contributed by atoms with Gasteiger partial charge in [-0.2, -0.15) is 0 Å². The molecule has 0 aliphatic heterocycles. The average Bonchev–Trinajstić information content (AvgIpc) is 3.05. The van der Waals surface area contributed by atoms with Crippen LogP contribution in [0.5, 0.6) is 0 Å². The van der Waals surface area contributed by atoms with E-state index in [0.717, 1.165) is 9.90 Å². The third kappa shape index (κ3) is 4.84. The van der Waals surface area contributed by atoms with Gasteiger partial charge < -0.3 is 5.32 Å². The Morgan fingerprint density at radius 3 is 2.88 bits per heavy atom. The number of carbonyl (C=O) groups excluding carboxylic acids is 1. The van der Waals surface area contributed by atoms with E-state index in [1.165, 1.54) is 29.2 Å². The monoisotopic (exact) mass is 406 g/mol. The Balaban J connectivity index is 1.57. The number of nitrogens with one attached hydrogen (secondary N) is 1. The van der Waals surface area contributed by atoms with E-state index >= 15 is 0 Å². The lowest BCUT2D eigenvalue weighted by atomic mass is 10.2. The molecule has 2 aromatic carbocycles. The molecule has 3 aromatic rings. The molecule has 0 saturated carbocycles. The van der Waals surface area contributed by atoms with E-state index in [0.29, 0.717) is 27.7 Å². The van der Waals surface area contributed by atoms with Crippen LogP contribution in [0.2, 0.25) is 5.02 Å². The lowest BCUT2D eigenvalue weighted by Gasteiger charge is -2.08. The van der Waals surface area contributed by atoms with Crippen LogP contribution in [0.3, 0.4) is 0 Å². The van der Waals surface area contributed by atoms with Crippen molar-refractivity contribution < 1.29 is 9.18 Å². The summed E-state index contributed by atoms with van der Waals surface area (Å²) in [7, 11) is 0. The first-order chi connectivity index (χ1) is 12.5. The number of nitrogens with zero attached hydrogens (tertiary/aromatic N) is 1. The van der Waals surface area contributed by atoms with Gasteiger partial charge in [-0.05, 0) is 36.2 Å². The molecule has 0 fully saturated rings. The third-order valence-electron chi connectivity index (χ3n) is 3.72. The first-order valence-corrected chi connectivity index (χ1v) is 10.1. The highest BCUT2D eigenvalue weighted by Gasteiger charge is 2.11. The topological polar surface area (TPSA) is 42.0 Å². The quantitative estimate of drug-likeness (QED) is 0.532. The Bertz CT molecular complexity index is 929. The number of aromatic nitrogens is 1. The van der Waals surface area contributed by atoms with Crippen LogP contribution in [0.15, 0.2) is 52.2 Å². The number of rotatable bonds is 6. The number of anilines is 1. The summed E-state index contributed by atoms with van der Waals surface area (Å²) in [6.07, 6.45) is 0.183. The van der Waals surface area contributed by atoms with Gasteiger partial charge >= 0.3 is 0 Å². The van der Waals surface area contributed by atoms with Crippen LogP contribution in [0, 0.1) is 12.7 Å². The van der Waals surface area contributed by atoms with E-state index in [2.05, 4.69) is 10.3 Å². The third-order valence-corrected chi connectivity index (χ3v) is 6.25. The zero-order valence-corrected chi connectivity index (χ0v) is 16.3. The second kappa shape index (κ2) is 8.66. The second-order valence-electron chi connectivity index (χ2n) is 5.62. The maximum Gasteiger partial charge on any atom is 0.230 e. The van der Waals surface area contributed by atoms with Crippen LogP contribution in [0.4, 0.5) is 10.1 Å². The van der Waals surface area contributed by atoms with E-state index in [4.69, 9.17) is 11.6 Å². The molecule has 134 valence electrons. The summed E-state index contributed by atoms with van der Waals surface area (Å²) in [6.45, 7) is 1.86. The molecular weight excluding hydrogens is 391 g/mol. The highest BCUT2D eigenvalue weighted by Crippen LogP contribution is 2.27. The summed E-state index contributed by atoms with van der Waals surface area (Å²) in [6, 6.07) is 12.1. The number of carbonyl (C=O) groups is 1. The normalized spacial score (nSPS) is 10.7. The SMILES string of the molecule is Cc1c(Cl)cccc1NC(=O)Cc1csc(SCc2ccccc2F)n1. The Morgan fingerprint density at radius 2 is 2.08 bits per heavy atom. The minimum atomic E-state index is -0.215. The van der Waals surface area contributed by atoms with Crippen LogP contribution in [-0.2, 0) is 17.0 Å². The van der Waals surface area contributed by atoms with Crippen molar-refractivity contribution in [2.24, 2.45) is 0 Å². The van der Waals surface area contributed by atoms with E-state index in [9.17, 15) is 9.18 Å². The smallest absolute Gasteiger partial charge is 0.230 e. The van der Waals surface area contributed by atoms with Crippen LogP contribution >= 0.6 is 34.7 Å². The van der Waals surface area contributed by atoms with Crippen molar-refractivity contribution in [3.8, 4) is 0 Å². The molecule has 26 heavy (non-hydrogen) atoms. The maximum atomic E-state index is 13.6. The Hall–Kier alpha value is -1.89. The molecule has 1 amide bonds. The Morgan fingerprint density at radius 1 is 1.27 bits per heavy atom. The van der Waals surface area contributed by atoms with Crippen molar-refractivity contribution in [3.63, 3.8) is 0 Å². The number of halogens is 2. The van der Waals surface area contributed by atoms with Gasteiger partial charge in [0.15, 0.2) is 0 Å². The van der Waals surface area contributed by atoms with E-state index < -0.39 is 0 Å². The highest BCUT2D eigenvalue weighted by molar-refractivity contribution is 8.00. The summed E-state index contributed by atoms with van der Waals surface area (Å²) >= 11 is 8.98. The summed E-state index contributed by atoms with van der Waals surface area (Å²) < 4.78 is 14.5. The molecule has 7 heteroatoms. The zero-order valence-electron chi connectivity index (χ0n) is 14.0. The van der Waals surface area contributed by atoms with Crippen LogP contribution in [0.1, 0.15) is 16.8 Å². The Labute approximate surface area is 164 Å². The summed E-state index contributed by atoms with van der Waals surface area (Å²) in [5.41, 5.74) is 2.88. The fourth-order valence-corrected chi connectivity index (χ4v) is 4.30. The largest absolute Gasteiger partial charge is 0.325 e. The molecule has 1 aromatic heterocycles. The summed E-state index contributed by atoms with van der Waals surface area (Å²) in [5.74, 6) is 0.146. The fraction of sp³-hybridized carbons (Fsp3) is 0.158. The molecule has 0 spiro atoms. The zero-order chi connectivity index (χ0) is 18.5. The molecule has 0 bridgehead atoms. The van der Waals surface area contributed by atoms with Gasteiger partial charge in [-0.25, -0.2) is 9.37 Å². The fourth-order valence-electron chi connectivity index (χ4n) is 2.29. The molecule has 0 atom stereocenters. The summed E-state index contributed by atoms with van der Waals surface area (Å²) in [5, 5.41) is 5.33. The van der Waals surface area contributed by atoms with Crippen LogP contribution in [-0.4, -0.2) is 10.9 Å². The van der Waals surface area contributed by atoms with E-state index in [1.807, 2.05) is 24.4 Å². The van der Waals surface area contributed by atoms with Crippen molar-refractivity contribution in [2.75, 3.05) is 5.32 Å². The van der Waals surface area contributed by atoms with Crippen LogP contribution < -0.4 is 5.32 Å². The first-order valence-electron chi connectivity index (χ1n) is 7.88. The standard InChI is InChI=1S/C19H16ClFN2OS2/c1-12-15(20)6-4-8-17(12)23-18(24)9-14-11-26-19(22-14)25-10-13-5-2-3-7-16(13)21/h2-8,11H,9-10H2,1H3,(H,23,24). The molecule has 0 saturated heterocycles. The number of thioether (sulfide) groups is 1. The molecule has 0 aliphatic carbocycles. The van der Waals surface area contributed by atoms with Crippen molar-refractivity contribution in [1.82, 2.24) is 4.98 Å². The van der Waals surface area contributed by atoms with Crippen molar-refractivity contribution in [3.05, 3.63) is 75.5 Å². The molecule has 1 heterocycles. The van der Waals surface area contributed by atoms with Gasteiger partial charge in [-0.1, -0.05) is 47.6 Å². The molecular formula is C19H16ClFN2OS2. The molecule has 1 N–H and O–H groups in total. The number of thiazole rings is 1. The summed E-state index contributed by atoms with van der Waals surface area (Å²) in [4.78, 5) is 16.7. The van der Waals surface area contributed by atoms with Gasteiger partial charge in [0.05, 0.1) is 12.1 Å². The Kier molecular flexibility index (Phi) is 6.29. The molecule has 3 nitrogen and oxygen atoms in total. The minimum Gasteiger partial charge on any atom is -0.325 e. The molecule has 3 rings (SSSR count). The van der Waals surface area contributed by atoms with Crippen molar-refractivity contribution in [2.45, 2.75) is 23.4 Å². The average molecular weight is 407 g/mol. The number of hydrogen-bond acceptors (Lipinski definition) is 4. The second-order valence-corrected chi connectivity index (χ2v) is 8.11. The van der Waals surface area contributed by atoms with Gasteiger partial charge in [-0.15, -0.1) is 11.3 Å². The van der Waals surface area contributed by atoms with E-state index in [-0.39, 0.29) is 18.1 Å². The molecule has 0 radical (unpaired) electrons. The predicted octanol–water partition coefficient (Wildman–Crippen LogP) is 5.72. The van der Waals surface area contributed by atoms with Gasteiger partial charge in [0, 0.05) is 21.8 Å². The lowest BCUT2D eigenvalue weighted by molar-refractivity contribution is -0.115.